The van der Waals surface area contributed by atoms with E-state index in [1.54, 1.807) is 17.4 Å². The summed E-state index contributed by atoms with van der Waals surface area (Å²) in [4.78, 5) is 26.8. The molecule has 0 spiro atoms. The molecule has 1 amide bonds. The Kier molecular flexibility index (Phi) is 5.96. The van der Waals surface area contributed by atoms with Crippen LogP contribution in [-0.4, -0.2) is 34.2 Å². The average Bonchev–Trinajstić information content (AvgIpc) is 3.04. The van der Waals surface area contributed by atoms with Gasteiger partial charge >= 0.3 is 5.97 Å². The summed E-state index contributed by atoms with van der Waals surface area (Å²) in [5.41, 5.74) is 0. The standard InChI is InChI=1S/C14H15NO3S3/c1-2-3-6-18-12(16)9-15-13(17)11(21-14(15)19)8-10-5-4-7-20-10/h4-5,7-8H,2-3,6,9H2,1H3/b11-8+. The number of nitrogens with zero attached hydrogens (tertiary/aromatic N) is 1. The van der Waals surface area contributed by atoms with Gasteiger partial charge in [0.2, 0.25) is 0 Å². The van der Waals surface area contributed by atoms with Crippen molar-refractivity contribution in [2.75, 3.05) is 13.2 Å². The van der Waals surface area contributed by atoms with E-state index in [0.717, 1.165) is 17.7 Å². The van der Waals surface area contributed by atoms with Crippen LogP contribution >= 0.6 is 35.3 Å². The van der Waals surface area contributed by atoms with Gasteiger partial charge in [0.05, 0.1) is 11.5 Å². The largest absolute Gasteiger partial charge is 0.464 e. The van der Waals surface area contributed by atoms with E-state index in [1.807, 2.05) is 24.4 Å². The van der Waals surface area contributed by atoms with Crippen LogP contribution in [0.2, 0.25) is 0 Å². The van der Waals surface area contributed by atoms with Gasteiger partial charge in [-0.15, -0.1) is 11.3 Å². The number of rotatable bonds is 6. The first kappa shape index (κ1) is 16.2. The summed E-state index contributed by atoms with van der Waals surface area (Å²) in [5, 5.41) is 1.94. The summed E-state index contributed by atoms with van der Waals surface area (Å²) >= 11 is 7.93. The molecule has 1 aliphatic rings. The molecule has 0 aliphatic carbocycles. The van der Waals surface area contributed by atoms with E-state index in [4.69, 9.17) is 17.0 Å². The molecule has 112 valence electrons. The van der Waals surface area contributed by atoms with E-state index in [9.17, 15) is 9.59 Å². The highest BCUT2D eigenvalue weighted by molar-refractivity contribution is 8.26. The Hall–Kier alpha value is -1.18. The molecule has 0 N–H and O–H groups in total. The summed E-state index contributed by atoms with van der Waals surface area (Å²) in [5.74, 6) is -0.650. The van der Waals surface area contributed by atoms with Crippen LogP contribution in [0, 0.1) is 0 Å². The van der Waals surface area contributed by atoms with E-state index in [1.165, 1.54) is 16.7 Å². The van der Waals surface area contributed by atoms with E-state index in [-0.39, 0.29) is 12.5 Å². The Morgan fingerprint density at radius 2 is 2.33 bits per heavy atom. The Morgan fingerprint density at radius 1 is 1.52 bits per heavy atom. The lowest BCUT2D eigenvalue weighted by Gasteiger charge is -2.13. The van der Waals surface area contributed by atoms with Crippen LogP contribution in [0.5, 0.6) is 0 Å². The van der Waals surface area contributed by atoms with Crippen LogP contribution in [-0.2, 0) is 14.3 Å². The third-order valence-corrected chi connectivity index (χ3v) is 4.94. The lowest BCUT2D eigenvalue weighted by molar-refractivity contribution is -0.146. The van der Waals surface area contributed by atoms with Crippen LogP contribution in [0.1, 0.15) is 24.6 Å². The number of esters is 1. The van der Waals surface area contributed by atoms with Crippen molar-refractivity contribution in [2.45, 2.75) is 19.8 Å². The quantitative estimate of drug-likeness (QED) is 0.344. The molecule has 1 aromatic rings. The van der Waals surface area contributed by atoms with E-state index in [2.05, 4.69) is 0 Å². The minimum atomic E-state index is -0.419. The average molecular weight is 341 g/mol. The van der Waals surface area contributed by atoms with Gasteiger partial charge in [0, 0.05) is 4.88 Å². The molecule has 2 rings (SSSR count). The van der Waals surface area contributed by atoms with Gasteiger partial charge in [0.15, 0.2) is 0 Å². The molecule has 0 bridgehead atoms. The Balaban J connectivity index is 1.97. The Labute approximate surface area is 137 Å². The summed E-state index contributed by atoms with van der Waals surface area (Å²) in [6.07, 6.45) is 3.58. The first-order chi connectivity index (χ1) is 10.1. The van der Waals surface area contributed by atoms with E-state index >= 15 is 0 Å². The second-order valence-corrected chi connectivity index (χ2v) is 7.01. The summed E-state index contributed by atoms with van der Waals surface area (Å²) < 4.78 is 5.46. The van der Waals surface area contributed by atoms with Gasteiger partial charge in [-0.25, -0.2) is 0 Å². The van der Waals surface area contributed by atoms with Crippen LogP contribution < -0.4 is 0 Å². The van der Waals surface area contributed by atoms with Gasteiger partial charge in [-0.3, -0.25) is 14.5 Å². The highest BCUT2D eigenvalue weighted by Crippen LogP contribution is 2.33. The molecule has 0 atom stereocenters. The number of hydrogen-bond acceptors (Lipinski definition) is 6. The third-order valence-electron chi connectivity index (χ3n) is 2.74. The normalized spacial score (nSPS) is 16.8. The summed E-state index contributed by atoms with van der Waals surface area (Å²) in [6, 6.07) is 3.85. The molecule has 0 radical (unpaired) electrons. The van der Waals surface area contributed by atoms with Crippen LogP contribution in [0.3, 0.4) is 0 Å². The minimum Gasteiger partial charge on any atom is -0.464 e. The molecule has 4 nitrogen and oxygen atoms in total. The third kappa shape index (κ3) is 4.39. The van der Waals surface area contributed by atoms with Crippen LogP contribution in [0.25, 0.3) is 6.08 Å². The predicted octanol–water partition coefficient (Wildman–Crippen LogP) is 3.29. The first-order valence-corrected chi connectivity index (χ1v) is 8.66. The fourth-order valence-corrected chi connectivity index (χ4v) is 3.62. The first-order valence-electron chi connectivity index (χ1n) is 6.56. The molecule has 1 saturated heterocycles. The number of carbonyl (C=O) groups is 2. The number of ether oxygens (including phenoxy) is 1. The van der Waals surface area contributed by atoms with Crippen molar-refractivity contribution in [3.63, 3.8) is 0 Å². The molecule has 1 aromatic heterocycles. The predicted molar refractivity (Wildman–Crippen MR) is 90.1 cm³/mol. The Morgan fingerprint density at radius 3 is 3.00 bits per heavy atom. The zero-order valence-electron chi connectivity index (χ0n) is 11.5. The number of thiophene rings is 1. The summed E-state index contributed by atoms with van der Waals surface area (Å²) in [6.45, 7) is 2.29. The number of thioether (sulfide) groups is 1. The fraction of sp³-hybridized carbons (Fsp3) is 0.357. The van der Waals surface area contributed by atoms with Gasteiger partial charge in [-0.05, 0) is 23.9 Å². The second kappa shape index (κ2) is 7.72. The highest BCUT2D eigenvalue weighted by atomic mass is 32.2. The molecule has 1 aliphatic heterocycles. The lowest BCUT2D eigenvalue weighted by atomic mass is 10.3. The molecule has 0 unspecified atom stereocenters. The maximum absolute atomic E-state index is 12.3. The SMILES string of the molecule is CCCCOC(=O)CN1C(=O)/C(=C\c2cccs2)SC1=S. The monoisotopic (exact) mass is 341 g/mol. The van der Waals surface area contributed by atoms with Crippen molar-refractivity contribution >= 4 is 57.6 Å². The van der Waals surface area contributed by atoms with Crippen molar-refractivity contribution in [2.24, 2.45) is 0 Å². The fourth-order valence-electron chi connectivity index (χ4n) is 1.64. The van der Waals surface area contributed by atoms with Crippen molar-refractivity contribution < 1.29 is 14.3 Å². The van der Waals surface area contributed by atoms with E-state index < -0.39 is 5.97 Å². The zero-order chi connectivity index (χ0) is 15.2. The van der Waals surface area contributed by atoms with Gasteiger partial charge in [-0.1, -0.05) is 43.4 Å². The van der Waals surface area contributed by atoms with Crippen molar-refractivity contribution in [3.05, 3.63) is 27.3 Å². The molecule has 0 aromatic carbocycles. The highest BCUT2D eigenvalue weighted by Gasteiger charge is 2.33. The van der Waals surface area contributed by atoms with Gasteiger partial charge in [0.25, 0.3) is 5.91 Å². The zero-order valence-corrected chi connectivity index (χ0v) is 14.0. The number of amides is 1. The second-order valence-electron chi connectivity index (χ2n) is 4.36. The number of carbonyl (C=O) groups excluding carboxylic acids is 2. The van der Waals surface area contributed by atoms with Crippen molar-refractivity contribution in [3.8, 4) is 0 Å². The smallest absolute Gasteiger partial charge is 0.326 e. The molecule has 0 saturated carbocycles. The van der Waals surface area contributed by atoms with Crippen LogP contribution in [0.15, 0.2) is 22.4 Å². The molecular weight excluding hydrogens is 326 g/mol. The lowest BCUT2D eigenvalue weighted by Crippen LogP contribution is -2.34. The summed E-state index contributed by atoms with van der Waals surface area (Å²) in [7, 11) is 0. The topological polar surface area (TPSA) is 46.6 Å². The van der Waals surface area contributed by atoms with Crippen molar-refractivity contribution in [1.82, 2.24) is 4.90 Å². The van der Waals surface area contributed by atoms with E-state index in [0.29, 0.717) is 15.8 Å². The van der Waals surface area contributed by atoms with Crippen molar-refractivity contribution in [1.29, 1.82) is 0 Å². The molecule has 7 heteroatoms. The maximum Gasteiger partial charge on any atom is 0.326 e. The molecular formula is C14H15NO3S3. The maximum atomic E-state index is 12.3. The van der Waals surface area contributed by atoms with Gasteiger partial charge in [0.1, 0.15) is 10.9 Å². The number of unbranched alkanes of at least 4 members (excludes halogenated alkanes) is 1. The van der Waals surface area contributed by atoms with Gasteiger partial charge < -0.3 is 4.74 Å². The molecule has 2 heterocycles. The Bertz CT molecular complexity index is 566. The van der Waals surface area contributed by atoms with Crippen LogP contribution in [0.4, 0.5) is 0 Å². The minimum absolute atomic E-state index is 0.115. The van der Waals surface area contributed by atoms with Gasteiger partial charge in [-0.2, -0.15) is 0 Å². The number of thiocarbonyl (C=S) groups is 1. The number of hydrogen-bond donors (Lipinski definition) is 0. The molecule has 1 fully saturated rings. The molecule has 21 heavy (non-hydrogen) atoms.